The average molecular weight is 795 g/mol. The van der Waals surface area contributed by atoms with Crippen molar-refractivity contribution in [2.24, 2.45) is 9.98 Å². The van der Waals surface area contributed by atoms with Crippen LogP contribution < -0.4 is 19.6 Å². The highest BCUT2D eigenvalue weighted by Gasteiger charge is 2.34. The van der Waals surface area contributed by atoms with E-state index in [1.54, 1.807) is 86.5 Å². The predicted molar refractivity (Wildman–Crippen MR) is 233 cm³/mol. The summed E-state index contributed by atoms with van der Waals surface area (Å²) in [5.41, 5.74) is 8.66. The summed E-state index contributed by atoms with van der Waals surface area (Å²) >= 11 is 0. The third-order valence-corrected chi connectivity index (χ3v) is 10.1. The number of carbonyl (C=O) groups excluding carboxylic acids is 6. The lowest BCUT2D eigenvalue weighted by molar-refractivity contribution is -0.114. The Hall–Kier alpha value is -8.12. The van der Waals surface area contributed by atoms with E-state index in [9.17, 15) is 28.8 Å². The average Bonchev–Trinajstić information content (AvgIpc) is 3.86. The molecule has 0 radical (unpaired) electrons. The number of likely N-dealkylation sites (N-methyl/N-ethyl adjacent to an activating group) is 4. The molecular formula is C48H38N6O6. The standard InChI is InChI=1S/2C15H12N2O.2C9H7NO2/c2*1-17-13-10-6-5-9-12(13)14(15(17)18)16-11-7-3-2-4-8-11;2*1-10-7-5-3-2-4-6(7)8(11)9(10)12/h2*2-10H,1H3;2*2-5H,1H3. The molecule has 10 rings (SSSR count). The number of aliphatic imine (C=N–C) groups is 2. The Morgan fingerprint density at radius 3 is 0.867 bits per heavy atom. The molecule has 296 valence electrons. The molecule has 12 heteroatoms. The van der Waals surface area contributed by atoms with E-state index in [2.05, 4.69) is 9.98 Å². The number of rotatable bonds is 2. The lowest BCUT2D eigenvalue weighted by Gasteiger charge is -2.07. The summed E-state index contributed by atoms with van der Waals surface area (Å²) in [5.74, 6) is -1.83. The SMILES string of the molecule is CN1C(=O)C(=Nc2ccccc2)c2ccccc21.CN1C(=O)C(=Nc2ccccc2)c2ccccc21.CN1C(=O)C(=O)c2ccccc21.CN1C(=O)C(=O)c2ccccc21. The highest BCUT2D eigenvalue weighted by molar-refractivity contribution is 6.55. The van der Waals surface area contributed by atoms with E-state index in [0.29, 0.717) is 33.9 Å². The van der Waals surface area contributed by atoms with Gasteiger partial charge >= 0.3 is 0 Å². The number of hydrogen-bond donors (Lipinski definition) is 0. The zero-order chi connectivity index (χ0) is 42.5. The molecule has 0 aromatic heterocycles. The van der Waals surface area contributed by atoms with Crippen molar-refractivity contribution in [3.05, 3.63) is 180 Å². The fourth-order valence-electron chi connectivity index (χ4n) is 6.85. The van der Waals surface area contributed by atoms with Crippen LogP contribution in [0.4, 0.5) is 34.1 Å². The molecule has 60 heavy (non-hydrogen) atoms. The van der Waals surface area contributed by atoms with Gasteiger partial charge in [-0.05, 0) is 60.7 Å². The lowest BCUT2D eigenvalue weighted by atomic mass is 10.1. The molecule has 0 N–H and O–H groups in total. The highest BCUT2D eigenvalue weighted by atomic mass is 16.2. The Morgan fingerprint density at radius 2 is 0.550 bits per heavy atom. The summed E-state index contributed by atoms with van der Waals surface area (Å²) in [6, 6.07) is 48.5. The second kappa shape index (κ2) is 17.2. The molecule has 0 atom stereocenters. The number of ketones is 2. The number of nitrogens with zero attached hydrogens (tertiary/aromatic N) is 6. The van der Waals surface area contributed by atoms with Gasteiger partial charge in [0.1, 0.15) is 11.4 Å². The number of amides is 4. The van der Waals surface area contributed by atoms with Gasteiger partial charge in [-0.1, -0.05) is 97.1 Å². The van der Waals surface area contributed by atoms with Crippen molar-refractivity contribution in [1.82, 2.24) is 0 Å². The maximum atomic E-state index is 12.2. The highest BCUT2D eigenvalue weighted by Crippen LogP contribution is 2.31. The van der Waals surface area contributed by atoms with Gasteiger partial charge in [-0.3, -0.25) is 28.8 Å². The summed E-state index contributed by atoms with van der Waals surface area (Å²) in [6.45, 7) is 0. The van der Waals surface area contributed by atoms with Crippen LogP contribution in [0.2, 0.25) is 0 Å². The van der Waals surface area contributed by atoms with Crippen LogP contribution in [0.1, 0.15) is 31.8 Å². The van der Waals surface area contributed by atoms with Gasteiger partial charge < -0.3 is 19.6 Å². The van der Waals surface area contributed by atoms with Crippen LogP contribution >= 0.6 is 0 Å². The Morgan fingerprint density at radius 1 is 0.300 bits per heavy atom. The van der Waals surface area contributed by atoms with Gasteiger partial charge in [0.2, 0.25) is 0 Å². The van der Waals surface area contributed by atoms with Gasteiger partial charge in [-0.15, -0.1) is 0 Å². The fraction of sp³-hybridized carbons (Fsp3) is 0.0833. The Bertz CT molecular complexity index is 2560. The fourth-order valence-corrected chi connectivity index (χ4v) is 6.85. The number of fused-ring (bicyclic) bond motifs is 4. The summed E-state index contributed by atoms with van der Waals surface area (Å²) in [5, 5.41) is 0. The van der Waals surface area contributed by atoms with E-state index in [-0.39, 0.29) is 11.8 Å². The molecule has 12 nitrogen and oxygen atoms in total. The van der Waals surface area contributed by atoms with Crippen LogP contribution in [0.25, 0.3) is 0 Å². The molecule has 0 unspecified atom stereocenters. The third kappa shape index (κ3) is 7.77. The van der Waals surface area contributed by atoms with Crippen LogP contribution in [-0.2, 0) is 19.2 Å². The molecule has 0 saturated heterocycles. The van der Waals surface area contributed by atoms with Crippen molar-refractivity contribution < 1.29 is 28.8 Å². The first-order valence-corrected chi connectivity index (χ1v) is 18.8. The zero-order valence-electron chi connectivity index (χ0n) is 33.1. The summed E-state index contributed by atoms with van der Waals surface area (Å²) < 4.78 is 0. The first kappa shape index (κ1) is 40.1. The molecule has 0 bridgehead atoms. The number of benzene rings is 6. The van der Waals surface area contributed by atoms with Crippen LogP contribution in [0.5, 0.6) is 0 Å². The molecule has 0 spiro atoms. The van der Waals surface area contributed by atoms with Gasteiger partial charge in [0, 0.05) is 39.3 Å². The molecule has 0 aliphatic carbocycles. The van der Waals surface area contributed by atoms with Gasteiger partial charge in [-0.25, -0.2) is 9.98 Å². The maximum Gasteiger partial charge on any atom is 0.299 e. The summed E-state index contributed by atoms with van der Waals surface area (Å²) in [7, 11) is 6.75. The maximum absolute atomic E-state index is 12.2. The van der Waals surface area contributed by atoms with Gasteiger partial charge in [0.15, 0.2) is 0 Å². The van der Waals surface area contributed by atoms with Crippen LogP contribution in [0.15, 0.2) is 168 Å². The van der Waals surface area contributed by atoms with Crippen molar-refractivity contribution in [3.63, 3.8) is 0 Å². The van der Waals surface area contributed by atoms with E-state index in [1.807, 2.05) is 109 Å². The Kier molecular flexibility index (Phi) is 11.5. The summed E-state index contributed by atoms with van der Waals surface area (Å²) in [6.07, 6.45) is 0. The number of hydrogen-bond acceptors (Lipinski definition) is 8. The number of carbonyl (C=O) groups is 6. The van der Waals surface area contributed by atoms with Crippen LogP contribution in [0.3, 0.4) is 0 Å². The Balaban J connectivity index is 0.000000123. The molecule has 0 saturated carbocycles. The molecule has 4 amide bonds. The van der Waals surface area contributed by atoms with Crippen molar-refractivity contribution >= 4 is 80.7 Å². The van der Waals surface area contributed by atoms with Crippen molar-refractivity contribution in [2.75, 3.05) is 47.8 Å². The lowest BCUT2D eigenvalue weighted by Crippen LogP contribution is -2.25. The van der Waals surface area contributed by atoms with Gasteiger partial charge in [0.25, 0.3) is 35.2 Å². The smallest absolute Gasteiger partial charge is 0.299 e. The predicted octanol–water partition coefficient (Wildman–Crippen LogP) is 7.26. The van der Waals surface area contributed by atoms with Crippen molar-refractivity contribution in [2.45, 2.75) is 0 Å². The molecular weight excluding hydrogens is 757 g/mol. The normalized spacial score (nSPS) is 15.8. The van der Waals surface area contributed by atoms with E-state index in [1.165, 1.54) is 9.80 Å². The number of para-hydroxylation sites is 6. The van der Waals surface area contributed by atoms with E-state index in [4.69, 9.17) is 0 Å². The Labute approximate surface area is 346 Å². The van der Waals surface area contributed by atoms with E-state index < -0.39 is 23.4 Å². The van der Waals surface area contributed by atoms with E-state index in [0.717, 1.165) is 33.9 Å². The topological polar surface area (TPSA) is 140 Å². The molecule has 0 fully saturated rings. The number of Topliss-reactive ketones (excluding diaryl/α,β-unsaturated/α-hetero) is 2. The monoisotopic (exact) mass is 794 g/mol. The minimum atomic E-state index is -0.448. The minimum Gasteiger partial charge on any atom is -0.309 e. The van der Waals surface area contributed by atoms with E-state index >= 15 is 0 Å². The van der Waals surface area contributed by atoms with Crippen LogP contribution in [0, 0.1) is 0 Å². The molecule has 4 aliphatic rings. The second-order valence-corrected chi connectivity index (χ2v) is 13.8. The van der Waals surface area contributed by atoms with Gasteiger partial charge in [-0.2, -0.15) is 0 Å². The van der Waals surface area contributed by atoms with Crippen molar-refractivity contribution in [3.8, 4) is 0 Å². The third-order valence-electron chi connectivity index (χ3n) is 10.1. The van der Waals surface area contributed by atoms with Crippen LogP contribution in [-0.4, -0.2) is 74.8 Å². The van der Waals surface area contributed by atoms with Crippen molar-refractivity contribution in [1.29, 1.82) is 0 Å². The summed E-state index contributed by atoms with van der Waals surface area (Å²) in [4.78, 5) is 84.0. The quantitative estimate of drug-likeness (QED) is 0.169. The second-order valence-electron chi connectivity index (χ2n) is 13.8. The zero-order valence-corrected chi connectivity index (χ0v) is 33.1. The van der Waals surface area contributed by atoms with Gasteiger partial charge in [0.05, 0.1) is 45.3 Å². The first-order chi connectivity index (χ1) is 29.0. The first-order valence-electron chi connectivity index (χ1n) is 18.8. The molecule has 6 aromatic carbocycles. The minimum absolute atomic E-state index is 0.0555. The number of anilines is 4. The molecule has 6 aromatic rings. The largest absolute Gasteiger partial charge is 0.309 e. The molecule has 4 aliphatic heterocycles. The molecule has 4 heterocycles.